The first-order chi connectivity index (χ1) is 8.15. The van der Waals surface area contributed by atoms with E-state index in [2.05, 4.69) is 36.3 Å². The normalized spacial score (nSPS) is 10.2. The molecule has 0 aliphatic heterocycles. The molecule has 2 rings (SSSR count). The Morgan fingerprint density at radius 3 is 3.00 bits per heavy atom. The third kappa shape index (κ3) is 3.10. The highest BCUT2D eigenvalue weighted by Crippen LogP contribution is 2.15. The fourth-order valence-electron chi connectivity index (χ4n) is 1.31. The van der Waals surface area contributed by atoms with Crippen LogP contribution in [0.5, 0.6) is 0 Å². The Hall–Kier alpha value is -1.76. The van der Waals surface area contributed by atoms with E-state index in [9.17, 15) is 4.79 Å². The van der Waals surface area contributed by atoms with Crippen molar-refractivity contribution in [2.24, 2.45) is 0 Å². The summed E-state index contributed by atoms with van der Waals surface area (Å²) in [5.41, 5.74) is 1.45. The van der Waals surface area contributed by atoms with Gasteiger partial charge < -0.3 is 5.32 Å². The second-order valence-electron chi connectivity index (χ2n) is 3.41. The number of aryl methyl sites for hydroxylation is 1. The molecule has 0 aromatic carbocycles. The highest BCUT2D eigenvalue weighted by atomic mass is 79.9. The number of pyridine rings is 1. The Labute approximate surface area is 106 Å². The van der Waals surface area contributed by atoms with Gasteiger partial charge in [0.25, 0.3) is 0 Å². The van der Waals surface area contributed by atoms with Crippen LogP contribution < -0.4 is 5.32 Å². The van der Waals surface area contributed by atoms with E-state index in [0.717, 1.165) is 10.3 Å². The summed E-state index contributed by atoms with van der Waals surface area (Å²) in [5, 5.41) is 6.62. The van der Waals surface area contributed by atoms with Crippen molar-refractivity contribution in [1.29, 1.82) is 0 Å². The molecule has 0 aliphatic rings. The minimum atomic E-state index is -0.164. The Balaban J connectivity index is 2.03. The molecule has 0 aliphatic carbocycles. The predicted molar refractivity (Wildman–Crippen MR) is 65.3 cm³/mol. The standard InChI is InChI=1S/C10H10BrN5O/c1-7-8(2-3-9(11)14-7)15-10(17)4-16-6-12-5-13-16/h2-3,5-6H,4H2,1H3,(H,15,17). The largest absolute Gasteiger partial charge is 0.323 e. The van der Waals surface area contributed by atoms with E-state index in [-0.39, 0.29) is 12.5 Å². The summed E-state index contributed by atoms with van der Waals surface area (Å²) < 4.78 is 2.20. The number of rotatable bonds is 3. The molecular weight excluding hydrogens is 286 g/mol. The van der Waals surface area contributed by atoms with E-state index >= 15 is 0 Å². The molecule has 2 aromatic heterocycles. The van der Waals surface area contributed by atoms with E-state index < -0.39 is 0 Å². The lowest BCUT2D eigenvalue weighted by Gasteiger charge is -2.07. The van der Waals surface area contributed by atoms with Gasteiger partial charge in [-0.3, -0.25) is 4.79 Å². The molecule has 0 fully saturated rings. The smallest absolute Gasteiger partial charge is 0.246 e. The Kier molecular flexibility index (Phi) is 3.48. The molecule has 1 N–H and O–H groups in total. The Bertz CT molecular complexity index is 525. The molecule has 2 aromatic rings. The van der Waals surface area contributed by atoms with Gasteiger partial charge in [0.15, 0.2) is 0 Å². The molecular formula is C10H10BrN5O. The van der Waals surface area contributed by atoms with Gasteiger partial charge >= 0.3 is 0 Å². The van der Waals surface area contributed by atoms with Gasteiger partial charge in [0.05, 0.1) is 11.4 Å². The van der Waals surface area contributed by atoms with Gasteiger partial charge in [-0.2, -0.15) is 5.10 Å². The summed E-state index contributed by atoms with van der Waals surface area (Å²) in [6.07, 6.45) is 2.88. The number of nitrogens with zero attached hydrogens (tertiary/aromatic N) is 4. The van der Waals surface area contributed by atoms with Crippen LogP contribution in [0.2, 0.25) is 0 Å². The van der Waals surface area contributed by atoms with Crippen LogP contribution in [-0.4, -0.2) is 25.7 Å². The van der Waals surface area contributed by atoms with E-state index in [1.54, 1.807) is 12.1 Å². The van der Waals surface area contributed by atoms with Crippen molar-refractivity contribution in [2.75, 3.05) is 5.32 Å². The van der Waals surface area contributed by atoms with E-state index in [4.69, 9.17) is 0 Å². The zero-order chi connectivity index (χ0) is 12.3. The first-order valence-electron chi connectivity index (χ1n) is 4.90. The van der Waals surface area contributed by atoms with Gasteiger partial charge in [0.1, 0.15) is 23.8 Å². The van der Waals surface area contributed by atoms with Crippen molar-refractivity contribution in [3.63, 3.8) is 0 Å². The maximum Gasteiger partial charge on any atom is 0.246 e. The number of hydrogen-bond donors (Lipinski definition) is 1. The monoisotopic (exact) mass is 295 g/mol. The number of aromatic nitrogens is 4. The van der Waals surface area contributed by atoms with Crippen LogP contribution in [0.1, 0.15) is 5.69 Å². The maximum absolute atomic E-state index is 11.7. The molecule has 0 spiro atoms. The molecule has 17 heavy (non-hydrogen) atoms. The Morgan fingerprint density at radius 2 is 2.35 bits per heavy atom. The molecule has 2 heterocycles. The molecule has 88 valence electrons. The van der Waals surface area contributed by atoms with Crippen molar-refractivity contribution >= 4 is 27.5 Å². The number of carbonyl (C=O) groups excluding carboxylic acids is 1. The Morgan fingerprint density at radius 1 is 1.53 bits per heavy atom. The minimum absolute atomic E-state index is 0.134. The molecule has 0 saturated carbocycles. The number of amides is 1. The summed E-state index contributed by atoms with van der Waals surface area (Å²) in [6, 6.07) is 3.57. The average molecular weight is 296 g/mol. The number of nitrogens with one attached hydrogen (secondary N) is 1. The lowest BCUT2D eigenvalue weighted by Crippen LogP contribution is -2.19. The number of halogens is 1. The van der Waals surface area contributed by atoms with Crippen LogP contribution in [-0.2, 0) is 11.3 Å². The van der Waals surface area contributed by atoms with Crippen molar-refractivity contribution in [3.8, 4) is 0 Å². The third-order valence-electron chi connectivity index (χ3n) is 2.10. The van der Waals surface area contributed by atoms with Crippen molar-refractivity contribution < 1.29 is 4.79 Å². The second kappa shape index (κ2) is 5.05. The van der Waals surface area contributed by atoms with E-state index in [0.29, 0.717) is 5.69 Å². The summed E-state index contributed by atoms with van der Waals surface area (Å²) in [7, 11) is 0. The number of carbonyl (C=O) groups is 1. The highest BCUT2D eigenvalue weighted by molar-refractivity contribution is 9.10. The van der Waals surface area contributed by atoms with Gasteiger partial charge in [-0.1, -0.05) is 0 Å². The van der Waals surface area contributed by atoms with E-state index in [1.807, 2.05) is 6.92 Å². The number of hydrogen-bond acceptors (Lipinski definition) is 4. The van der Waals surface area contributed by atoms with Gasteiger partial charge in [0, 0.05) is 0 Å². The zero-order valence-corrected chi connectivity index (χ0v) is 10.7. The van der Waals surface area contributed by atoms with E-state index in [1.165, 1.54) is 17.3 Å². The van der Waals surface area contributed by atoms with Crippen molar-refractivity contribution in [1.82, 2.24) is 19.7 Å². The SMILES string of the molecule is Cc1nc(Br)ccc1NC(=O)Cn1cncn1. The van der Waals surface area contributed by atoms with Crippen LogP contribution in [0.15, 0.2) is 29.4 Å². The highest BCUT2D eigenvalue weighted by Gasteiger charge is 2.06. The van der Waals surface area contributed by atoms with Crippen molar-refractivity contribution in [3.05, 3.63) is 35.1 Å². The topological polar surface area (TPSA) is 72.7 Å². The van der Waals surface area contributed by atoms with Crippen LogP contribution >= 0.6 is 15.9 Å². The van der Waals surface area contributed by atoms with Gasteiger partial charge in [-0.15, -0.1) is 0 Å². The second-order valence-corrected chi connectivity index (χ2v) is 4.22. The van der Waals surface area contributed by atoms with Crippen LogP contribution in [0.25, 0.3) is 0 Å². The minimum Gasteiger partial charge on any atom is -0.323 e. The summed E-state index contributed by atoms with van der Waals surface area (Å²) in [6.45, 7) is 1.96. The lowest BCUT2D eigenvalue weighted by atomic mass is 10.3. The number of anilines is 1. The van der Waals surface area contributed by atoms with Gasteiger partial charge in [-0.25, -0.2) is 14.6 Å². The maximum atomic E-state index is 11.7. The first-order valence-corrected chi connectivity index (χ1v) is 5.70. The molecule has 0 saturated heterocycles. The van der Waals surface area contributed by atoms with Crippen LogP contribution in [0, 0.1) is 6.92 Å². The summed E-state index contributed by atoms with van der Waals surface area (Å²) in [5.74, 6) is -0.164. The van der Waals surface area contributed by atoms with Gasteiger partial charge in [-0.05, 0) is 35.0 Å². The van der Waals surface area contributed by atoms with Crippen LogP contribution in [0.3, 0.4) is 0 Å². The quantitative estimate of drug-likeness (QED) is 0.869. The molecule has 0 radical (unpaired) electrons. The predicted octanol–water partition coefficient (Wildman–Crippen LogP) is 1.38. The van der Waals surface area contributed by atoms with Gasteiger partial charge in [0.2, 0.25) is 5.91 Å². The first kappa shape index (κ1) is 11.7. The third-order valence-corrected chi connectivity index (χ3v) is 2.54. The fraction of sp³-hybridized carbons (Fsp3) is 0.200. The molecule has 0 bridgehead atoms. The van der Waals surface area contributed by atoms with Crippen LogP contribution in [0.4, 0.5) is 5.69 Å². The summed E-state index contributed by atoms with van der Waals surface area (Å²) >= 11 is 3.26. The lowest BCUT2D eigenvalue weighted by molar-refractivity contribution is -0.116. The molecule has 6 nitrogen and oxygen atoms in total. The molecule has 0 atom stereocenters. The molecule has 7 heteroatoms. The zero-order valence-electron chi connectivity index (χ0n) is 9.09. The van der Waals surface area contributed by atoms with Crippen molar-refractivity contribution in [2.45, 2.75) is 13.5 Å². The fourth-order valence-corrected chi connectivity index (χ4v) is 1.71. The summed E-state index contributed by atoms with van der Waals surface area (Å²) in [4.78, 5) is 19.6. The molecule has 1 amide bonds. The average Bonchev–Trinajstić information content (AvgIpc) is 2.75. The molecule has 0 unspecified atom stereocenters.